The second-order valence-electron chi connectivity index (χ2n) is 5.26. The molecular formula is C18H12FN3OS. The highest BCUT2D eigenvalue weighted by Gasteiger charge is 2.09. The maximum Gasteiger partial charge on any atom is 0.255 e. The molecule has 1 amide bonds. The van der Waals surface area contributed by atoms with Crippen molar-refractivity contribution in [2.75, 3.05) is 5.32 Å². The Morgan fingerprint density at radius 2 is 2.00 bits per heavy atom. The fraction of sp³-hybridized carbons (Fsp3) is 0. The summed E-state index contributed by atoms with van der Waals surface area (Å²) < 4.78 is 14.9. The van der Waals surface area contributed by atoms with Gasteiger partial charge in [0.2, 0.25) is 0 Å². The van der Waals surface area contributed by atoms with E-state index in [-0.39, 0.29) is 11.7 Å². The van der Waals surface area contributed by atoms with E-state index in [4.69, 9.17) is 0 Å². The van der Waals surface area contributed by atoms with E-state index in [2.05, 4.69) is 10.3 Å². The second kappa shape index (κ2) is 5.90. The molecule has 0 aliphatic carbocycles. The van der Waals surface area contributed by atoms with Gasteiger partial charge in [0.1, 0.15) is 5.82 Å². The molecular weight excluding hydrogens is 325 g/mol. The zero-order valence-corrected chi connectivity index (χ0v) is 13.3. The lowest BCUT2D eigenvalue weighted by molar-refractivity contribution is 0.102. The first-order valence-electron chi connectivity index (χ1n) is 7.28. The number of thiazole rings is 1. The molecule has 24 heavy (non-hydrogen) atoms. The normalized spacial score (nSPS) is 10.9. The van der Waals surface area contributed by atoms with Gasteiger partial charge in [0.15, 0.2) is 4.96 Å². The van der Waals surface area contributed by atoms with E-state index < -0.39 is 0 Å². The Morgan fingerprint density at radius 3 is 2.79 bits per heavy atom. The Bertz CT molecular complexity index is 992. The van der Waals surface area contributed by atoms with E-state index in [1.54, 1.807) is 11.3 Å². The van der Waals surface area contributed by atoms with Crippen LogP contribution in [0, 0.1) is 5.82 Å². The van der Waals surface area contributed by atoms with E-state index in [0.717, 1.165) is 16.2 Å². The quantitative estimate of drug-likeness (QED) is 0.600. The largest absolute Gasteiger partial charge is 0.322 e. The highest BCUT2D eigenvalue weighted by molar-refractivity contribution is 7.15. The van der Waals surface area contributed by atoms with Gasteiger partial charge in [-0.3, -0.25) is 9.20 Å². The van der Waals surface area contributed by atoms with Crippen LogP contribution < -0.4 is 5.32 Å². The number of carbonyl (C=O) groups excluding carboxylic acids is 1. The lowest BCUT2D eigenvalue weighted by atomic mass is 10.1. The van der Waals surface area contributed by atoms with Crippen LogP contribution >= 0.6 is 11.3 Å². The molecule has 4 aromatic rings. The maximum atomic E-state index is 12.9. The Morgan fingerprint density at radius 1 is 1.17 bits per heavy atom. The molecule has 0 bridgehead atoms. The molecule has 0 aliphatic rings. The van der Waals surface area contributed by atoms with Crippen molar-refractivity contribution in [2.45, 2.75) is 0 Å². The van der Waals surface area contributed by atoms with E-state index in [9.17, 15) is 9.18 Å². The highest BCUT2D eigenvalue weighted by atomic mass is 32.1. The van der Waals surface area contributed by atoms with Gasteiger partial charge in [-0.05, 0) is 36.4 Å². The minimum Gasteiger partial charge on any atom is -0.322 e. The minimum atomic E-state index is -0.367. The summed E-state index contributed by atoms with van der Waals surface area (Å²) in [5, 5.41) is 4.80. The molecule has 0 atom stereocenters. The predicted molar refractivity (Wildman–Crippen MR) is 92.9 cm³/mol. The van der Waals surface area contributed by atoms with Crippen molar-refractivity contribution in [1.29, 1.82) is 0 Å². The topological polar surface area (TPSA) is 46.4 Å². The van der Waals surface area contributed by atoms with Crippen molar-refractivity contribution in [1.82, 2.24) is 9.38 Å². The number of anilines is 1. The van der Waals surface area contributed by atoms with Crippen LogP contribution in [0.25, 0.3) is 16.2 Å². The fourth-order valence-corrected chi connectivity index (χ4v) is 3.13. The summed E-state index contributed by atoms with van der Waals surface area (Å²) in [5.74, 6) is -0.647. The van der Waals surface area contributed by atoms with Crippen molar-refractivity contribution in [3.8, 4) is 11.3 Å². The van der Waals surface area contributed by atoms with Gasteiger partial charge in [-0.15, -0.1) is 11.3 Å². The first-order chi connectivity index (χ1) is 11.7. The monoisotopic (exact) mass is 337 g/mol. The van der Waals surface area contributed by atoms with Gasteiger partial charge in [-0.25, -0.2) is 9.37 Å². The second-order valence-corrected chi connectivity index (χ2v) is 6.13. The molecule has 4 nitrogen and oxygen atoms in total. The molecule has 0 saturated carbocycles. The average Bonchev–Trinajstić information content (AvgIpc) is 3.17. The standard InChI is InChI=1S/C18H12FN3OS/c19-14-6-4-12(5-7-14)17(23)20-15-3-1-2-13(10-15)16-11-22-8-9-24-18(22)21-16/h1-11H,(H,20,23). The number of benzene rings is 2. The zero-order chi connectivity index (χ0) is 16.5. The molecule has 2 aromatic heterocycles. The molecule has 0 aliphatic heterocycles. The predicted octanol–water partition coefficient (Wildman–Crippen LogP) is 4.45. The number of hydrogen-bond acceptors (Lipinski definition) is 3. The number of imidazole rings is 1. The van der Waals surface area contributed by atoms with Crippen molar-refractivity contribution >= 4 is 27.9 Å². The van der Waals surface area contributed by atoms with Crippen LogP contribution in [0.15, 0.2) is 66.3 Å². The number of nitrogens with zero attached hydrogens (tertiary/aromatic N) is 2. The van der Waals surface area contributed by atoms with Crippen LogP contribution in [0.5, 0.6) is 0 Å². The lowest BCUT2D eigenvalue weighted by Crippen LogP contribution is -2.11. The van der Waals surface area contributed by atoms with Crippen molar-refractivity contribution in [2.24, 2.45) is 0 Å². The Labute approximate surface area is 141 Å². The molecule has 2 heterocycles. The zero-order valence-electron chi connectivity index (χ0n) is 12.4. The van der Waals surface area contributed by atoms with E-state index >= 15 is 0 Å². The number of rotatable bonds is 3. The van der Waals surface area contributed by atoms with E-state index in [0.29, 0.717) is 11.3 Å². The van der Waals surface area contributed by atoms with Crippen molar-refractivity contribution in [3.05, 3.63) is 77.7 Å². The summed E-state index contributed by atoms with van der Waals surface area (Å²) in [6, 6.07) is 12.9. The van der Waals surface area contributed by atoms with Crippen LogP contribution in [0.3, 0.4) is 0 Å². The molecule has 0 unspecified atom stereocenters. The van der Waals surface area contributed by atoms with Gasteiger partial charge in [0.25, 0.3) is 5.91 Å². The summed E-state index contributed by atoms with van der Waals surface area (Å²) in [4.78, 5) is 17.7. The third-order valence-corrected chi connectivity index (χ3v) is 4.39. The van der Waals surface area contributed by atoms with Crippen LogP contribution in [-0.2, 0) is 0 Å². The molecule has 0 fully saturated rings. The number of fused-ring (bicyclic) bond motifs is 1. The fourth-order valence-electron chi connectivity index (χ4n) is 2.43. The summed E-state index contributed by atoms with van der Waals surface area (Å²) >= 11 is 1.57. The number of nitrogens with one attached hydrogen (secondary N) is 1. The minimum absolute atomic E-state index is 0.280. The Kier molecular flexibility index (Phi) is 3.59. The number of aromatic nitrogens is 2. The highest BCUT2D eigenvalue weighted by Crippen LogP contribution is 2.24. The SMILES string of the molecule is O=C(Nc1cccc(-c2cn3ccsc3n2)c1)c1ccc(F)cc1. The molecule has 0 spiro atoms. The van der Waals surface area contributed by atoms with E-state index in [1.807, 2.05) is 46.4 Å². The summed E-state index contributed by atoms with van der Waals surface area (Å²) in [6.45, 7) is 0. The van der Waals surface area contributed by atoms with Gasteiger partial charge >= 0.3 is 0 Å². The van der Waals surface area contributed by atoms with E-state index in [1.165, 1.54) is 24.3 Å². The van der Waals surface area contributed by atoms with Crippen molar-refractivity contribution < 1.29 is 9.18 Å². The first-order valence-corrected chi connectivity index (χ1v) is 8.16. The first kappa shape index (κ1) is 14.6. The molecule has 0 saturated heterocycles. The molecule has 1 N–H and O–H groups in total. The van der Waals surface area contributed by atoms with Gasteiger partial charge < -0.3 is 5.32 Å². The Hall–Kier alpha value is -2.99. The summed E-state index contributed by atoms with van der Waals surface area (Å²) in [6.07, 6.45) is 3.91. The molecule has 2 aromatic carbocycles. The molecule has 6 heteroatoms. The van der Waals surface area contributed by atoms with Crippen LogP contribution in [0.1, 0.15) is 10.4 Å². The molecule has 0 radical (unpaired) electrons. The van der Waals surface area contributed by atoms with Crippen LogP contribution in [-0.4, -0.2) is 15.3 Å². The average molecular weight is 337 g/mol. The van der Waals surface area contributed by atoms with Crippen molar-refractivity contribution in [3.63, 3.8) is 0 Å². The summed E-state index contributed by atoms with van der Waals surface area (Å²) in [7, 11) is 0. The van der Waals surface area contributed by atoms with Crippen LogP contribution in [0.2, 0.25) is 0 Å². The molecule has 4 rings (SSSR count). The summed E-state index contributed by atoms with van der Waals surface area (Å²) in [5.41, 5.74) is 2.84. The van der Waals surface area contributed by atoms with Gasteiger partial charge in [-0.1, -0.05) is 12.1 Å². The number of halogens is 1. The van der Waals surface area contributed by atoms with Crippen LogP contribution in [0.4, 0.5) is 10.1 Å². The number of carbonyl (C=O) groups is 1. The molecule has 118 valence electrons. The number of amides is 1. The smallest absolute Gasteiger partial charge is 0.255 e. The maximum absolute atomic E-state index is 12.9. The number of hydrogen-bond donors (Lipinski definition) is 1. The van der Waals surface area contributed by atoms with Gasteiger partial charge in [0, 0.05) is 34.6 Å². The Balaban J connectivity index is 1.59. The van der Waals surface area contributed by atoms with Gasteiger partial charge in [0.05, 0.1) is 5.69 Å². The van der Waals surface area contributed by atoms with Gasteiger partial charge in [-0.2, -0.15) is 0 Å². The third kappa shape index (κ3) is 2.79. The third-order valence-electron chi connectivity index (χ3n) is 3.62. The lowest BCUT2D eigenvalue weighted by Gasteiger charge is -2.06.